The fraction of sp³-hybridized carbons (Fsp3) is 0.222. The van der Waals surface area contributed by atoms with Crippen LogP contribution in [0.25, 0.3) is 0 Å². The quantitative estimate of drug-likeness (QED) is 0.844. The van der Waals surface area contributed by atoms with Crippen LogP contribution in [0, 0.1) is 17.1 Å². The molecule has 0 unspecified atom stereocenters. The van der Waals surface area contributed by atoms with Crippen molar-refractivity contribution < 1.29 is 4.39 Å². The van der Waals surface area contributed by atoms with Gasteiger partial charge in [0.2, 0.25) is 0 Å². The van der Waals surface area contributed by atoms with Gasteiger partial charge in [-0.25, -0.2) is 4.39 Å². The molecular formula is C9H7BrClFN2. The first-order chi connectivity index (χ1) is 6.57. The van der Waals surface area contributed by atoms with Crippen LogP contribution in [0.4, 0.5) is 4.39 Å². The monoisotopic (exact) mass is 276 g/mol. The molecule has 0 aliphatic carbocycles. The predicted octanol–water partition coefficient (Wildman–Crippen LogP) is 3.16. The smallest absolute Gasteiger partial charge is 0.137 e. The van der Waals surface area contributed by atoms with Gasteiger partial charge in [0, 0.05) is 16.6 Å². The molecule has 0 radical (unpaired) electrons. The molecule has 5 heteroatoms. The van der Waals surface area contributed by atoms with E-state index in [2.05, 4.69) is 15.9 Å². The highest BCUT2D eigenvalue weighted by Crippen LogP contribution is 2.32. The van der Waals surface area contributed by atoms with E-state index in [1.54, 1.807) is 0 Å². The lowest BCUT2D eigenvalue weighted by atomic mass is 10.1. The van der Waals surface area contributed by atoms with Crippen LogP contribution in [0.2, 0.25) is 5.02 Å². The molecule has 2 N–H and O–H groups in total. The number of rotatable bonds is 2. The van der Waals surface area contributed by atoms with Crippen LogP contribution < -0.4 is 5.73 Å². The Hall–Kier alpha value is -0.630. The molecule has 0 saturated heterocycles. The summed E-state index contributed by atoms with van der Waals surface area (Å²) >= 11 is 8.90. The molecule has 0 fully saturated rings. The molecule has 1 rings (SSSR count). The molecule has 0 amide bonds. The number of benzene rings is 1. The molecule has 74 valence electrons. The molecule has 1 atom stereocenters. The number of hydrogen-bond acceptors (Lipinski definition) is 2. The number of halogens is 3. The highest BCUT2D eigenvalue weighted by molar-refractivity contribution is 9.10. The Kier molecular flexibility index (Phi) is 3.87. The summed E-state index contributed by atoms with van der Waals surface area (Å²) < 4.78 is 13.3. The summed E-state index contributed by atoms with van der Waals surface area (Å²) in [6.45, 7) is 0. The van der Waals surface area contributed by atoms with Gasteiger partial charge in [0.15, 0.2) is 0 Å². The molecule has 0 aliphatic heterocycles. The van der Waals surface area contributed by atoms with E-state index in [1.165, 1.54) is 12.1 Å². The summed E-state index contributed by atoms with van der Waals surface area (Å²) in [5.41, 5.74) is 6.11. The third-order valence-electron chi connectivity index (χ3n) is 1.76. The van der Waals surface area contributed by atoms with E-state index in [0.29, 0.717) is 10.6 Å². The largest absolute Gasteiger partial charge is 0.323 e. The zero-order chi connectivity index (χ0) is 10.7. The summed E-state index contributed by atoms with van der Waals surface area (Å²) in [5, 5.41) is 8.83. The van der Waals surface area contributed by atoms with Crippen molar-refractivity contribution in [3.05, 3.63) is 33.0 Å². The molecule has 0 saturated carbocycles. The van der Waals surface area contributed by atoms with Gasteiger partial charge >= 0.3 is 0 Å². The minimum Gasteiger partial charge on any atom is -0.323 e. The highest BCUT2D eigenvalue weighted by Gasteiger charge is 2.16. The molecule has 1 aromatic carbocycles. The minimum atomic E-state index is -0.572. The van der Waals surface area contributed by atoms with Crippen molar-refractivity contribution in [2.75, 3.05) is 0 Å². The summed E-state index contributed by atoms with van der Waals surface area (Å²) in [6.07, 6.45) is 0.0990. The van der Waals surface area contributed by atoms with Gasteiger partial charge in [0.1, 0.15) is 5.82 Å². The average molecular weight is 278 g/mol. The second-order valence-corrected chi connectivity index (χ2v) is 3.93. The second-order valence-electron chi connectivity index (χ2n) is 2.73. The lowest BCUT2D eigenvalue weighted by Gasteiger charge is -2.12. The van der Waals surface area contributed by atoms with Gasteiger partial charge in [0.05, 0.1) is 17.0 Å². The zero-order valence-electron chi connectivity index (χ0n) is 7.10. The van der Waals surface area contributed by atoms with Crippen LogP contribution in [-0.2, 0) is 0 Å². The first kappa shape index (κ1) is 11.4. The van der Waals surface area contributed by atoms with E-state index in [-0.39, 0.29) is 10.9 Å². The number of nitrogens with zero attached hydrogens (tertiary/aromatic N) is 1. The van der Waals surface area contributed by atoms with E-state index in [4.69, 9.17) is 22.6 Å². The minimum absolute atomic E-state index is 0.0990. The standard InChI is InChI=1S/C9H7BrClFN2/c10-9-6(12)2-1-5(11)8(9)7(14)3-4-13/h1-2,7H,3,14H2/t7-/m1/s1. The maximum Gasteiger partial charge on any atom is 0.137 e. The first-order valence-corrected chi connectivity index (χ1v) is 5.01. The number of hydrogen-bond donors (Lipinski definition) is 1. The van der Waals surface area contributed by atoms with Crippen molar-refractivity contribution in [2.45, 2.75) is 12.5 Å². The van der Waals surface area contributed by atoms with E-state index < -0.39 is 11.9 Å². The molecule has 2 nitrogen and oxygen atoms in total. The average Bonchev–Trinajstić information content (AvgIpc) is 2.13. The van der Waals surface area contributed by atoms with Gasteiger partial charge in [-0.2, -0.15) is 5.26 Å². The van der Waals surface area contributed by atoms with Gasteiger partial charge in [-0.05, 0) is 28.1 Å². The van der Waals surface area contributed by atoms with Crippen molar-refractivity contribution in [1.29, 1.82) is 5.26 Å². The van der Waals surface area contributed by atoms with Gasteiger partial charge in [-0.1, -0.05) is 11.6 Å². The Balaban J connectivity index is 3.19. The first-order valence-electron chi connectivity index (χ1n) is 3.84. The molecule has 0 heterocycles. The predicted molar refractivity (Wildman–Crippen MR) is 56.3 cm³/mol. The van der Waals surface area contributed by atoms with Gasteiger partial charge < -0.3 is 5.73 Å². The topological polar surface area (TPSA) is 49.8 Å². The zero-order valence-corrected chi connectivity index (χ0v) is 9.44. The third-order valence-corrected chi connectivity index (χ3v) is 2.90. The van der Waals surface area contributed by atoms with Crippen LogP contribution in [0.5, 0.6) is 0 Å². The van der Waals surface area contributed by atoms with Crippen molar-refractivity contribution in [3.63, 3.8) is 0 Å². The number of nitriles is 1. The Bertz CT molecular complexity index is 389. The van der Waals surface area contributed by atoms with Crippen molar-refractivity contribution in [1.82, 2.24) is 0 Å². The molecule has 0 spiro atoms. The summed E-state index contributed by atoms with van der Waals surface area (Å²) in [5.74, 6) is -0.433. The molecular weight excluding hydrogens is 270 g/mol. The molecule has 1 aromatic rings. The van der Waals surface area contributed by atoms with E-state index in [1.807, 2.05) is 6.07 Å². The third kappa shape index (κ3) is 2.24. The van der Waals surface area contributed by atoms with Crippen molar-refractivity contribution in [2.24, 2.45) is 5.73 Å². The number of nitrogens with two attached hydrogens (primary N) is 1. The van der Waals surface area contributed by atoms with Gasteiger partial charge in [0.25, 0.3) is 0 Å². The van der Waals surface area contributed by atoms with Crippen LogP contribution in [0.3, 0.4) is 0 Å². The highest BCUT2D eigenvalue weighted by atomic mass is 79.9. The second kappa shape index (κ2) is 4.74. The Morgan fingerprint density at radius 3 is 2.86 bits per heavy atom. The van der Waals surface area contributed by atoms with E-state index in [0.717, 1.165) is 0 Å². The summed E-state index contributed by atoms with van der Waals surface area (Å²) in [4.78, 5) is 0. The lowest BCUT2D eigenvalue weighted by molar-refractivity contribution is 0.612. The van der Waals surface area contributed by atoms with Crippen LogP contribution in [0.1, 0.15) is 18.0 Å². The van der Waals surface area contributed by atoms with Crippen molar-refractivity contribution >= 4 is 27.5 Å². The van der Waals surface area contributed by atoms with Crippen molar-refractivity contribution in [3.8, 4) is 6.07 Å². The lowest BCUT2D eigenvalue weighted by Crippen LogP contribution is -2.11. The Morgan fingerprint density at radius 1 is 1.64 bits per heavy atom. The molecule has 0 aromatic heterocycles. The van der Waals surface area contributed by atoms with Crippen LogP contribution >= 0.6 is 27.5 Å². The van der Waals surface area contributed by atoms with E-state index in [9.17, 15) is 4.39 Å². The van der Waals surface area contributed by atoms with E-state index >= 15 is 0 Å². The van der Waals surface area contributed by atoms with Crippen LogP contribution in [0.15, 0.2) is 16.6 Å². The molecule has 0 bridgehead atoms. The summed E-state index contributed by atoms with van der Waals surface area (Å²) in [6, 6.07) is 4.01. The summed E-state index contributed by atoms with van der Waals surface area (Å²) in [7, 11) is 0. The van der Waals surface area contributed by atoms with Gasteiger partial charge in [-0.3, -0.25) is 0 Å². The molecule has 14 heavy (non-hydrogen) atoms. The van der Waals surface area contributed by atoms with Gasteiger partial charge in [-0.15, -0.1) is 0 Å². The maximum absolute atomic E-state index is 13.1. The SMILES string of the molecule is N#CC[C@@H](N)c1c(Cl)ccc(F)c1Br. The maximum atomic E-state index is 13.1. The Morgan fingerprint density at radius 2 is 2.29 bits per heavy atom. The molecule has 0 aliphatic rings. The fourth-order valence-electron chi connectivity index (χ4n) is 1.08. The van der Waals surface area contributed by atoms with Crippen LogP contribution in [-0.4, -0.2) is 0 Å². The normalized spacial score (nSPS) is 12.2. The Labute approximate surface area is 94.6 Å². The fourth-order valence-corrected chi connectivity index (χ4v) is 2.13.